The van der Waals surface area contributed by atoms with E-state index in [0.717, 1.165) is 11.1 Å². The summed E-state index contributed by atoms with van der Waals surface area (Å²) >= 11 is 0. The summed E-state index contributed by atoms with van der Waals surface area (Å²) in [5.74, 6) is -1.79. The number of carboxylic acid groups (broad SMARTS) is 2. The quantitative estimate of drug-likeness (QED) is 0.327. The van der Waals surface area contributed by atoms with Crippen molar-refractivity contribution in [2.45, 2.75) is 59.9 Å². The highest BCUT2D eigenvalue weighted by Crippen LogP contribution is 2.45. The van der Waals surface area contributed by atoms with Crippen molar-refractivity contribution in [3.05, 3.63) is 81.9 Å². The molecule has 0 saturated carbocycles. The first-order chi connectivity index (χ1) is 16.8. The second-order valence-electron chi connectivity index (χ2n) is 9.85. The highest BCUT2D eigenvalue weighted by molar-refractivity contribution is 5.89. The lowest BCUT2D eigenvalue weighted by molar-refractivity contribution is -0.160. The Morgan fingerprint density at radius 1 is 0.944 bits per heavy atom. The average molecular weight is 492 g/mol. The van der Waals surface area contributed by atoms with Gasteiger partial charge in [-0.25, -0.2) is 9.59 Å². The van der Waals surface area contributed by atoms with E-state index in [1.165, 1.54) is 6.07 Å². The summed E-state index contributed by atoms with van der Waals surface area (Å²) < 4.78 is 12.1. The Morgan fingerprint density at radius 3 is 2.11 bits per heavy atom. The lowest BCUT2D eigenvalue weighted by Gasteiger charge is -2.30. The van der Waals surface area contributed by atoms with E-state index in [-0.39, 0.29) is 17.9 Å². The number of aryl methyl sites for hydroxylation is 1. The molecule has 0 fully saturated rings. The van der Waals surface area contributed by atoms with Gasteiger partial charge in [-0.2, -0.15) is 0 Å². The molecule has 0 aliphatic heterocycles. The minimum Gasteiger partial charge on any atom is -0.486 e. The SMILES string of the molecule is Cc1ccc(-c2c(C)c(OCc3ccccc3C(=O)O)c(N)c(C)c2[C@H](OC(C)(C)C)C(=O)O)cc1. The summed E-state index contributed by atoms with van der Waals surface area (Å²) in [5, 5.41) is 19.7. The molecule has 190 valence electrons. The topological polar surface area (TPSA) is 119 Å². The summed E-state index contributed by atoms with van der Waals surface area (Å²) in [5.41, 5.74) is 10.9. The maximum absolute atomic E-state index is 12.4. The number of ether oxygens (including phenoxy) is 2. The predicted octanol–water partition coefficient (Wildman–Crippen LogP) is 6.08. The standard InChI is InChI=1S/C29H33NO6/c1-16-11-13-19(14-12-16)22-18(3)25(35-15-20-9-7-8-10-21(20)27(31)32)24(30)17(2)23(22)26(28(33)34)36-29(4,5)6/h7-14,26H,15,30H2,1-6H3,(H,31,32)(H,33,34)/t26-/m0/s1. The molecule has 3 aromatic rings. The van der Waals surface area contributed by atoms with Crippen LogP contribution in [-0.4, -0.2) is 27.8 Å². The zero-order valence-corrected chi connectivity index (χ0v) is 21.5. The van der Waals surface area contributed by atoms with Crippen LogP contribution in [0.15, 0.2) is 48.5 Å². The van der Waals surface area contributed by atoms with E-state index in [0.29, 0.717) is 33.6 Å². The minimum atomic E-state index is -1.26. The van der Waals surface area contributed by atoms with E-state index < -0.39 is 23.6 Å². The van der Waals surface area contributed by atoms with Gasteiger partial charge in [0.2, 0.25) is 0 Å². The van der Waals surface area contributed by atoms with E-state index in [4.69, 9.17) is 15.2 Å². The fourth-order valence-electron chi connectivity index (χ4n) is 4.22. The molecule has 7 heteroatoms. The second-order valence-corrected chi connectivity index (χ2v) is 9.85. The molecule has 0 heterocycles. The number of rotatable bonds is 8. The van der Waals surface area contributed by atoms with Gasteiger partial charge < -0.3 is 25.4 Å². The van der Waals surface area contributed by atoms with Crippen LogP contribution in [0.4, 0.5) is 5.69 Å². The fraction of sp³-hybridized carbons (Fsp3) is 0.310. The van der Waals surface area contributed by atoms with Crippen molar-refractivity contribution in [3.8, 4) is 16.9 Å². The van der Waals surface area contributed by atoms with Gasteiger partial charge in [-0.3, -0.25) is 0 Å². The lowest BCUT2D eigenvalue weighted by atomic mass is 9.86. The molecule has 0 aliphatic rings. The summed E-state index contributed by atoms with van der Waals surface area (Å²) in [4.78, 5) is 24.1. The van der Waals surface area contributed by atoms with Crippen molar-refractivity contribution in [1.82, 2.24) is 0 Å². The Labute approximate surface area is 211 Å². The summed E-state index contributed by atoms with van der Waals surface area (Å²) in [7, 11) is 0. The summed E-state index contributed by atoms with van der Waals surface area (Å²) in [6.07, 6.45) is -1.26. The zero-order chi connectivity index (χ0) is 26.8. The fourth-order valence-corrected chi connectivity index (χ4v) is 4.22. The Bertz CT molecular complexity index is 1290. The van der Waals surface area contributed by atoms with Gasteiger partial charge in [0.05, 0.1) is 16.9 Å². The molecular weight excluding hydrogens is 458 g/mol. The molecule has 0 unspecified atom stereocenters. The van der Waals surface area contributed by atoms with Crippen LogP contribution in [0.2, 0.25) is 0 Å². The van der Waals surface area contributed by atoms with Crippen LogP contribution in [-0.2, 0) is 16.1 Å². The summed E-state index contributed by atoms with van der Waals surface area (Å²) in [6, 6.07) is 14.4. The number of nitrogens with two attached hydrogens (primary N) is 1. The van der Waals surface area contributed by atoms with Gasteiger partial charge in [-0.05, 0) is 64.3 Å². The first-order valence-corrected chi connectivity index (χ1v) is 11.7. The van der Waals surface area contributed by atoms with Crippen LogP contribution in [0, 0.1) is 20.8 Å². The number of carboxylic acids is 2. The molecule has 0 radical (unpaired) electrons. The van der Waals surface area contributed by atoms with E-state index in [9.17, 15) is 19.8 Å². The molecule has 36 heavy (non-hydrogen) atoms. The van der Waals surface area contributed by atoms with E-state index >= 15 is 0 Å². The number of nitrogen functional groups attached to an aromatic ring is 1. The molecule has 0 spiro atoms. The van der Waals surface area contributed by atoms with Gasteiger partial charge in [0.15, 0.2) is 6.10 Å². The average Bonchev–Trinajstić information content (AvgIpc) is 2.80. The van der Waals surface area contributed by atoms with Gasteiger partial charge in [-0.15, -0.1) is 0 Å². The first-order valence-electron chi connectivity index (χ1n) is 11.7. The molecule has 4 N–H and O–H groups in total. The van der Waals surface area contributed by atoms with Crippen LogP contribution < -0.4 is 10.5 Å². The summed E-state index contributed by atoms with van der Waals surface area (Å²) in [6.45, 7) is 10.9. The number of anilines is 1. The Balaban J connectivity index is 2.23. The number of aromatic carboxylic acids is 1. The van der Waals surface area contributed by atoms with Crippen LogP contribution in [0.25, 0.3) is 11.1 Å². The number of carbonyl (C=O) groups is 2. The lowest BCUT2D eigenvalue weighted by Crippen LogP contribution is -2.28. The molecule has 7 nitrogen and oxygen atoms in total. The van der Waals surface area contributed by atoms with Crippen LogP contribution >= 0.6 is 0 Å². The van der Waals surface area contributed by atoms with E-state index in [1.807, 2.05) is 38.1 Å². The molecule has 0 aromatic heterocycles. The monoisotopic (exact) mass is 491 g/mol. The molecule has 0 saturated heterocycles. The van der Waals surface area contributed by atoms with Crippen molar-refractivity contribution < 1.29 is 29.3 Å². The Kier molecular flexibility index (Phi) is 7.74. The van der Waals surface area contributed by atoms with Crippen molar-refractivity contribution in [2.24, 2.45) is 0 Å². The van der Waals surface area contributed by atoms with Crippen molar-refractivity contribution in [2.75, 3.05) is 5.73 Å². The highest BCUT2D eigenvalue weighted by atomic mass is 16.5. The molecule has 0 aliphatic carbocycles. The number of aliphatic carboxylic acids is 1. The third-order valence-electron chi connectivity index (χ3n) is 5.96. The molecule has 3 aromatic carbocycles. The smallest absolute Gasteiger partial charge is 0.337 e. The molecule has 1 atom stereocenters. The van der Waals surface area contributed by atoms with Gasteiger partial charge in [0.1, 0.15) is 12.4 Å². The zero-order valence-electron chi connectivity index (χ0n) is 21.5. The molecule has 0 bridgehead atoms. The van der Waals surface area contributed by atoms with Crippen molar-refractivity contribution in [3.63, 3.8) is 0 Å². The maximum atomic E-state index is 12.4. The third kappa shape index (κ3) is 5.69. The number of hydrogen-bond acceptors (Lipinski definition) is 5. The van der Waals surface area contributed by atoms with E-state index in [1.54, 1.807) is 45.9 Å². The van der Waals surface area contributed by atoms with E-state index in [2.05, 4.69) is 0 Å². The van der Waals surface area contributed by atoms with Crippen LogP contribution in [0.3, 0.4) is 0 Å². The minimum absolute atomic E-state index is 0.0134. The third-order valence-corrected chi connectivity index (χ3v) is 5.96. The first kappa shape index (κ1) is 26.8. The van der Waals surface area contributed by atoms with Gasteiger partial charge in [0, 0.05) is 16.7 Å². The van der Waals surface area contributed by atoms with Gasteiger partial charge in [-0.1, -0.05) is 48.0 Å². The number of hydrogen-bond donors (Lipinski definition) is 3. The van der Waals surface area contributed by atoms with Crippen molar-refractivity contribution >= 4 is 17.6 Å². The number of benzene rings is 3. The van der Waals surface area contributed by atoms with Crippen LogP contribution in [0.5, 0.6) is 5.75 Å². The van der Waals surface area contributed by atoms with Crippen molar-refractivity contribution in [1.29, 1.82) is 0 Å². The molecule has 3 rings (SSSR count). The highest BCUT2D eigenvalue weighted by Gasteiger charge is 2.33. The largest absolute Gasteiger partial charge is 0.486 e. The van der Waals surface area contributed by atoms with Gasteiger partial charge in [0.25, 0.3) is 0 Å². The predicted molar refractivity (Wildman–Crippen MR) is 139 cm³/mol. The molecule has 0 amide bonds. The second kappa shape index (κ2) is 10.4. The normalized spacial score (nSPS) is 12.3. The van der Waals surface area contributed by atoms with Gasteiger partial charge >= 0.3 is 11.9 Å². The Morgan fingerprint density at radius 2 is 1.56 bits per heavy atom. The Hall–Kier alpha value is -3.84. The maximum Gasteiger partial charge on any atom is 0.337 e. The molecular formula is C29H33NO6. The van der Waals surface area contributed by atoms with Crippen LogP contribution in [0.1, 0.15) is 65.1 Å².